The smallest absolute Gasteiger partial charge is 0.305 e. The summed E-state index contributed by atoms with van der Waals surface area (Å²) in [6, 6.07) is 0. The van der Waals surface area contributed by atoms with Gasteiger partial charge >= 0.3 is 5.97 Å². The molecule has 1 unspecified atom stereocenters. The van der Waals surface area contributed by atoms with E-state index < -0.39 is 0 Å². The molecule has 0 bridgehead atoms. The summed E-state index contributed by atoms with van der Waals surface area (Å²) in [5.74, 6) is -0.462. The Kier molecular flexibility index (Phi) is 11.3. The number of carbonyl (C=O) groups excluding carboxylic acids is 2. The van der Waals surface area contributed by atoms with E-state index in [2.05, 4.69) is 11.7 Å². The molecule has 0 aliphatic heterocycles. The highest BCUT2D eigenvalue weighted by atomic mass is 16.5. The SMILES string of the molecule is CCCC(C=CC=CC=CC(=O)CCC(=O)OC)OC. The van der Waals surface area contributed by atoms with E-state index in [4.69, 9.17) is 4.74 Å². The molecule has 20 heavy (non-hydrogen) atoms. The summed E-state index contributed by atoms with van der Waals surface area (Å²) in [4.78, 5) is 22.2. The lowest BCUT2D eigenvalue weighted by Crippen LogP contribution is -2.05. The van der Waals surface area contributed by atoms with Crippen LogP contribution in [0, 0.1) is 0 Å². The van der Waals surface area contributed by atoms with Crippen molar-refractivity contribution in [2.24, 2.45) is 0 Å². The molecular weight excluding hydrogens is 256 g/mol. The maximum Gasteiger partial charge on any atom is 0.305 e. The van der Waals surface area contributed by atoms with Crippen molar-refractivity contribution in [2.45, 2.75) is 38.7 Å². The molecule has 0 rings (SSSR count). The van der Waals surface area contributed by atoms with Gasteiger partial charge in [-0.2, -0.15) is 0 Å². The van der Waals surface area contributed by atoms with Gasteiger partial charge in [0.15, 0.2) is 5.78 Å². The zero-order valence-corrected chi connectivity index (χ0v) is 12.5. The number of allylic oxidation sites excluding steroid dienone is 5. The first kappa shape index (κ1) is 18.3. The minimum Gasteiger partial charge on any atom is -0.469 e. The molecule has 0 aliphatic rings. The van der Waals surface area contributed by atoms with Crippen LogP contribution in [0.1, 0.15) is 32.6 Å². The van der Waals surface area contributed by atoms with Crippen molar-refractivity contribution in [1.82, 2.24) is 0 Å². The first-order valence-electron chi connectivity index (χ1n) is 6.78. The topological polar surface area (TPSA) is 52.6 Å². The fourth-order valence-electron chi connectivity index (χ4n) is 1.47. The molecule has 0 amide bonds. The number of rotatable bonds is 10. The van der Waals surface area contributed by atoms with Crippen molar-refractivity contribution in [3.8, 4) is 0 Å². The van der Waals surface area contributed by atoms with E-state index in [1.165, 1.54) is 13.2 Å². The quantitative estimate of drug-likeness (QED) is 0.351. The summed E-state index contributed by atoms with van der Waals surface area (Å²) in [6.07, 6.45) is 13.1. The summed E-state index contributed by atoms with van der Waals surface area (Å²) in [5, 5.41) is 0. The summed E-state index contributed by atoms with van der Waals surface area (Å²) in [6.45, 7) is 2.11. The van der Waals surface area contributed by atoms with Gasteiger partial charge in [0.2, 0.25) is 0 Å². The van der Waals surface area contributed by atoms with Crippen LogP contribution < -0.4 is 0 Å². The molecule has 0 saturated heterocycles. The molecule has 0 N–H and O–H groups in total. The molecule has 0 aromatic rings. The van der Waals surface area contributed by atoms with Crippen LogP contribution in [0.2, 0.25) is 0 Å². The first-order valence-corrected chi connectivity index (χ1v) is 6.78. The lowest BCUT2D eigenvalue weighted by Gasteiger charge is -2.07. The highest BCUT2D eigenvalue weighted by Crippen LogP contribution is 2.02. The Labute approximate surface area is 121 Å². The molecular formula is C16H24O4. The van der Waals surface area contributed by atoms with Crippen LogP contribution in [0.25, 0.3) is 0 Å². The van der Waals surface area contributed by atoms with E-state index in [9.17, 15) is 9.59 Å². The van der Waals surface area contributed by atoms with E-state index in [0.29, 0.717) is 0 Å². The van der Waals surface area contributed by atoms with Gasteiger partial charge in [0.05, 0.1) is 19.6 Å². The van der Waals surface area contributed by atoms with Crippen LogP contribution in [0.3, 0.4) is 0 Å². The van der Waals surface area contributed by atoms with Crippen molar-refractivity contribution in [3.05, 3.63) is 36.5 Å². The van der Waals surface area contributed by atoms with Crippen LogP contribution in [0.15, 0.2) is 36.5 Å². The molecule has 0 heterocycles. The Bertz CT molecular complexity index is 367. The number of methoxy groups -OCH3 is 2. The molecule has 4 nitrogen and oxygen atoms in total. The zero-order chi connectivity index (χ0) is 15.2. The Morgan fingerprint density at radius 2 is 1.75 bits per heavy atom. The van der Waals surface area contributed by atoms with Gasteiger partial charge in [0, 0.05) is 13.5 Å². The second kappa shape index (κ2) is 12.4. The minimum atomic E-state index is -0.369. The normalized spacial score (nSPS) is 13.3. The molecule has 0 spiro atoms. The summed E-state index contributed by atoms with van der Waals surface area (Å²) in [5.41, 5.74) is 0. The van der Waals surface area contributed by atoms with E-state index in [-0.39, 0.29) is 30.7 Å². The summed E-state index contributed by atoms with van der Waals surface area (Å²) >= 11 is 0. The summed E-state index contributed by atoms with van der Waals surface area (Å²) < 4.78 is 9.72. The average molecular weight is 280 g/mol. The third kappa shape index (κ3) is 10.3. The Morgan fingerprint density at radius 1 is 1.05 bits per heavy atom. The van der Waals surface area contributed by atoms with Gasteiger partial charge in [0.1, 0.15) is 0 Å². The first-order chi connectivity index (χ1) is 9.63. The highest BCUT2D eigenvalue weighted by Gasteiger charge is 2.03. The van der Waals surface area contributed by atoms with Gasteiger partial charge < -0.3 is 9.47 Å². The van der Waals surface area contributed by atoms with Crippen LogP contribution in [0.4, 0.5) is 0 Å². The number of esters is 1. The molecule has 1 atom stereocenters. The van der Waals surface area contributed by atoms with Crippen LogP contribution >= 0.6 is 0 Å². The average Bonchev–Trinajstić information content (AvgIpc) is 2.46. The number of ketones is 1. The van der Waals surface area contributed by atoms with Gasteiger partial charge in [-0.15, -0.1) is 0 Å². The van der Waals surface area contributed by atoms with Crippen molar-refractivity contribution in [1.29, 1.82) is 0 Å². The predicted molar refractivity (Wildman–Crippen MR) is 79.4 cm³/mol. The van der Waals surface area contributed by atoms with Crippen molar-refractivity contribution in [2.75, 3.05) is 14.2 Å². The molecule has 4 heteroatoms. The van der Waals surface area contributed by atoms with Gasteiger partial charge in [-0.1, -0.05) is 43.7 Å². The van der Waals surface area contributed by atoms with Crippen LogP contribution in [0.5, 0.6) is 0 Å². The second-order valence-electron chi connectivity index (χ2n) is 4.23. The standard InChI is InChI=1S/C16H24O4/c1-4-9-15(19-2)11-8-6-5-7-10-14(17)12-13-16(18)20-3/h5-8,10-11,15H,4,9,12-13H2,1-3H3. The number of hydrogen-bond donors (Lipinski definition) is 0. The van der Waals surface area contributed by atoms with Crippen molar-refractivity contribution < 1.29 is 19.1 Å². The van der Waals surface area contributed by atoms with Crippen LogP contribution in [-0.4, -0.2) is 32.1 Å². The van der Waals surface area contributed by atoms with E-state index >= 15 is 0 Å². The van der Waals surface area contributed by atoms with Crippen molar-refractivity contribution in [3.63, 3.8) is 0 Å². The molecule has 0 aromatic carbocycles. The van der Waals surface area contributed by atoms with Crippen LogP contribution in [-0.2, 0) is 19.1 Å². The van der Waals surface area contributed by atoms with Gasteiger partial charge in [-0.25, -0.2) is 0 Å². The summed E-state index contributed by atoms with van der Waals surface area (Å²) in [7, 11) is 3.00. The fourth-order valence-corrected chi connectivity index (χ4v) is 1.47. The Morgan fingerprint density at radius 3 is 2.35 bits per heavy atom. The van der Waals surface area contributed by atoms with Gasteiger partial charge in [-0.05, 0) is 12.5 Å². The molecule has 112 valence electrons. The maximum atomic E-state index is 11.4. The van der Waals surface area contributed by atoms with E-state index in [1.54, 1.807) is 19.3 Å². The Balaban J connectivity index is 3.98. The minimum absolute atomic E-state index is 0.0928. The third-order valence-corrected chi connectivity index (χ3v) is 2.62. The fraction of sp³-hybridized carbons (Fsp3) is 0.500. The molecule has 0 radical (unpaired) electrons. The number of carbonyl (C=O) groups is 2. The largest absolute Gasteiger partial charge is 0.469 e. The predicted octanol–water partition coefficient (Wildman–Crippen LogP) is 2.99. The maximum absolute atomic E-state index is 11.4. The molecule has 0 aliphatic carbocycles. The number of ether oxygens (including phenoxy) is 2. The van der Waals surface area contributed by atoms with Crippen molar-refractivity contribution >= 4 is 11.8 Å². The second-order valence-corrected chi connectivity index (χ2v) is 4.23. The lowest BCUT2D eigenvalue weighted by atomic mass is 10.2. The number of hydrogen-bond acceptors (Lipinski definition) is 4. The molecule has 0 aromatic heterocycles. The monoisotopic (exact) mass is 280 g/mol. The Hall–Kier alpha value is -1.68. The highest BCUT2D eigenvalue weighted by molar-refractivity contribution is 5.91. The molecule has 0 saturated carbocycles. The van der Waals surface area contributed by atoms with Gasteiger partial charge in [-0.3, -0.25) is 9.59 Å². The van der Waals surface area contributed by atoms with Gasteiger partial charge in [0.25, 0.3) is 0 Å². The van der Waals surface area contributed by atoms with E-state index in [1.807, 2.05) is 18.2 Å². The zero-order valence-electron chi connectivity index (χ0n) is 12.5. The van der Waals surface area contributed by atoms with E-state index in [0.717, 1.165) is 12.8 Å². The molecule has 0 fully saturated rings. The third-order valence-electron chi connectivity index (χ3n) is 2.62. The lowest BCUT2D eigenvalue weighted by molar-refractivity contribution is -0.141.